The molecule has 4 nitrogen and oxygen atoms in total. The van der Waals surface area contributed by atoms with Gasteiger partial charge in [0.2, 0.25) is 5.91 Å². The van der Waals surface area contributed by atoms with Gasteiger partial charge in [0.1, 0.15) is 5.00 Å². The number of amides is 1. The molecule has 0 atom stereocenters. The monoisotopic (exact) mass is 375 g/mol. The van der Waals surface area contributed by atoms with E-state index in [9.17, 15) is 9.59 Å². The van der Waals surface area contributed by atoms with E-state index in [-0.39, 0.29) is 11.9 Å². The summed E-state index contributed by atoms with van der Waals surface area (Å²) in [7, 11) is 1.39. The Labute approximate surface area is 156 Å². The molecular formula is C19H21NO3S2. The molecule has 0 saturated carbocycles. The van der Waals surface area contributed by atoms with Crippen LogP contribution in [0.3, 0.4) is 0 Å². The number of rotatable bonds is 6. The minimum absolute atomic E-state index is 0.0628. The minimum atomic E-state index is -0.353. The van der Waals surface area contributed by atoms with Crippen LogP contribution < -0.4 is 5.32 Å². The van der Waals surface area contributed by atoms with Crippen LogP contribution >= 0.6 is 23.1 Å². The third-order valence-corrected chi connectivity index (χ3v) is 6.38. The highest BCUT2D eigenvalue weighted by Gasteiger charge is 2.26. The van der Waals surface area contributed by atoms with E-state index in [0.29, 0.717) is 22.7 Å². The van der Waals surface area contributed by atoms with Crippen molar-refractivity contribution in [3.63, 3.8) is 0 Å². The first-order chi connectivity index (χ1) is 12.2. The molecule has 1 aromatic heterocycles. The Bertz CT molecular complexity index is 756. The second-order valence-corrected chi connectivity index (χ2v) is 8.14. The molecule has 2 aromatic rings. The van der Waals surface area contributed by atoms with Gasteiger partial charge in [0.15, 0.2) is 0 Å². The van der Waals surface area contributed by atoms with Crippen molar-refractivity contribution in [2.75, 3.05) is 18.2 Å². The van der Waals surface area contributed by atoms with E-state index in [2.05, 4.69) is 5.32 Å². The molecule has 0 bridgehead atoms. The fourth-order valence-corrected chi connectivity index (χ4v) is 5.11. The van der Waals surface area contributed by atoms with Gasteiger partial charge in [0.05, 0.1) is 12.7 Å². The van der Waals surface area contributed by atoms with Gasteiger partial charge in [-0.3, -0.25) is 4.79 Å². The predicted octanol–water partition coefficient (Wildman–Crippen LogP) is 4.53. The Morgan fingerprint density at radius 1 is 1.20 bits per heavy atom. The smallest absolute Gasteiger partial charge is 0.341 e. The summed E-state index contributed by atoms with van der Waals surface area (Å²) in [6.07, 6.45) is 4.48. The van der Waals surface area contributed by atoms with Crippen LogP contribution in [0.15, 0.2) is 35.2 Å². The Hall–Kier alpha value is -1.79. The van der Waals surface area contributed by atoms with E-state index in [0.717, 1.165) is 36.1 Å². The molecule has 0 fully saturated rings. The second-order valence-electron chi connectivity index (χ2n) is 5.87. The highest BCUT2D eigenvalue weighted by molar-refractivity contribution is 7.99. The number of thioether (sulfide) groups is 1. The molecule has 6 heteroatoms. The molecule has 0 radical (unpaired) electrons. The maximum Gasteiger partial charge on any atom is 0.341 e. The number of carbonyl (C=O) groups is 2. The number of hydrogen-bond donors (Lipinski definition) is 1. The van der Waals surface area contributed by atoms with Gasteiger partial charge in [-0.2, -0.15) is 0 Å². The second kappa shape index (κ2) is 8.54. The van der Waals surface area contributed by atoms with Crippen LogP contribution in [0, 0.1) is 0 Å². The lowest BCUT2D eigenvalue weighted by Gasteiger charge is -2.11. The van der Waals surface area contributed by atoms with Crippen molar-refractivity contribution in [1.29, 1.82) is 0 Å². The molecule has 0 aliphatic heterocycles. The van der Waals surface area contributed by atoms with Gasteiger partial charge < -0.3 is 10.1 Å². The molecule has 0 saturated heterocycles. The number of thiophene rings is 1. The quantitative estimate of drug-likeness (QED) is 0.595. The summed E-state index contributed by atoms with van der Waals surface area (Å²) in [6.45, 7) is 0. The van der Waals surface area contributed by atoms with E-state index >= 15 is 0 Å². The number of methoxy groups -OCH3 is 1. The van der Waals surface area contributed by atoms with Gasteiger partial charge in [-0.25, -0.2) is 4.79 Å². The van der Waals surface area contributed by atoms with Crippen molar-refractivity contribution in [2.45, 2.75) is 37.0 Å². The Morgan fingerprint density at radius 3 is 2.72 bits per heavy atom. The van der Waals surface area contributed by atoms with Gasteiger partial charge in [-0.1, -0.05) is 18.2 Å². The Morgan fingerprint density at radius 2 is 1.96 bits per heavy atom. The van der Waals surface area contributed by atoms with Gasteiger partial charge in [0.25, 0.3) is 0 Å². The number of esters is 1. The van der Waals surface area contributed by atoms with E-state index in [1.54, 1.807) is 11.8 Å². The Kier molecular flexibility index (Phi) is 6.15. The fraction of sp³-hybridized carbons (Fsp3) is 0.368. The zero-order valence-corrected chi connectivity index (χ0v) is 15.8. The van der Waals surface area contributed by atoms with Crippen LogP contribution in [0.5, 0.6) is 0 Å². The van der Waals surface area contributed by atoms with Crippen LogP contribution in [0.25, 0.3) is 0 Å². The summed E-state index contributed by atoms with van der Waals surface area (Å²) in [4.78, 5) is 26.8. The number of nitrogens with one attached hydrogen (secondary N) is 1. The average Bonchev–Trinajstić information content (AvgIpc) is 2.99. The summed E-state index contributed by atoms with van der Waals surface area (Å²) in [6, 6.07) is 10.0. The lowest BCUT2D eigenvalue weighted by molar-refractivity contribution is -0.115. The van der Waals surface area contributed by atoms with Gasteiger partial charge >= 0.3 is 5.97 Å². The molecule has 1 amide bonds. The predicted molar refractivity (Wildman–Crippen MR) is 103 cm³/mol. The van der Waals surface area contributed by atoms with Gasteiger partial charge in [-0.05, 0) is 43.4 Å². The summed E-state index contributed by atoms with van der Waals surface area (Å²) in [5.74, 6) is 0.287. The van der Waals surface area contributed by atoms with E-state index in [1.165, 1.54) is 23.3 Å². The zero-order valence-electron chi connectivity index (χ0n) is 14.2. The first kappa shape index (κ1) is 18.0. The highest BCUT2D eigenvalue weighted by Crippen LogP contribution is 2.38. The molecule has 0 unspecified atom stereocenters. The molecule has 1 aliphatic rings. The standard InChI is InChI=1S/C19H21NO3S2/c1-23-19(22)17-14-9-5-6-10-15(14)25-18(17)20-16(21)11-12-24-13-7-3-2-4-8-13/h2-4,7-8H,5-6,9-12H2,1H3,(H,20,21). The van der Waals surface area contributed by atoms with E-state index in [4.69, 9.17) is 4.74 Å². The van der Waals surface area contributed by atoms with Crippen molar-refractivity contribution >= 4 is 40.0 Å². The topological polar surface area (TPSA) is 55.4 Å². The van der Waals surface area contributed by atoms with Crippen LogP contribution in [0.4, 0.5) is 5.00 Å². The molecule has 132 valence electrons. The van der Waals surface area contributed by atoms with Crippen LogP contribution in [-0.4, -0.2) is 24.7 Å². The summed E-state index contributed by atoms with van der Waals surface area (Å²) in [5.41, 5.74) is 1.63. The SMILES string of the molecule is COC(=O)c1c(NC(=O)CCSc2ccccc2)sc2c1CCCC2. The molecule has 1 aliphatic carbocycles. The molecule has 25 heavy (non-hydrogen) atoms. The number of fused-ring (bicyclic) bond motifs is 1. The first-order valence-electron chi connectivity index (χ1n) is 8.39. The summed E-state index contributed by atoms with van der Waals surface area (Å²) >= 11 is 3.18. The number of hydrogen-bond acceptors (Lipinski definition) is 5. The lowest BCUT2D eigenvalue weighted by atomic mass is 9.95. The van der Waals surface area contributed by atoms with Gasteiger partial charge in [-0.15, -0.1) is 23.1 Å². The van der Waals surface area contributed by atoms with Crippen molar-refractivity contribution in [3.8, 4) is 0 Å². The molecule has 3 rings (SSSR count). The molecule has 0 spiro atoms. The fourth-order valence-electron chi connectivity index (χ4n) is 2.94. The number of benzene rings is 1. The largest absolute Gasteiger partial charge is 0.465 e. The molecule has 1 N–H and O–H groups in total. The highest BCUT2D eigenvalue weighted by atomic mass is 32.2. The zero-order chi connectivity index (χ0) is 17.6. The number of anilines is 1. The minimum Gasteiger partial charge on any atom is -0.465 e. The maximum absolute atomic E-state index is 12.3. The third kappa shape index (κ3) is 4.44. The third-order valence-electron chi connectivity index (χ3n) is 4.15. The van der Waals surface area contributed by atoms with Crippen molar-refractivity contribution < 1.29 is 14.3 Å². The van der Waals surface area contributed by atoms with E-state index in [1.807, 2.05) is 30.3 Å². The van der Waals surface area contributed by atoms with Crippen molar-refractivity contribution in [3.05, 3.63) is 46.3 Å². The van der Waals surface area contributed by atoms with Gasteiger partial charge in [0, 0.05) is 21.9 Å². The lowest BCUT2D eigenvalue weighted by Crippen LogP contribution is -2.15. The first-order valence-corrected chi connectivity index (χ1v) is 10.2. The Balaban J connectivity index is 1.64. The molecular weight excluding hydrogens is 354 g/mol. The van der Waals surface area contributed by atoms with Crippen molar-refractivity contribution in [1.82, 2.24) is 0 Å². The van der Waals surface area contributed by atoms with Crippen LogP contribution in [0.1, 0.15) is 40.1 Å². The van der Waals surface area contributed by atoms with Crippen LogP contribution in [0.2, 0.25) is 0 Å². The average molecular weight is 376 g/mol. The van der Waals surface area contributed by atoms with E-state index < -0.39 is 0 Å². The normalized spacial score (nSPS) is 13.2. The van der Waals surface area contributed by atoms with Crippen molar-refractivity contribution in [2.24, 2.45) is 0 Å². The number of ether oxygens (including phenoxy) is 1. The number of aryl methyl sites for hydroxylation is 1. The molecule has 1 heterocycles. The summed E-state index contributed by atoms with van der Waals surface area (Å²) in [5, 5.41) is 3.58. The molecule has 1 aromatic carbocycles. The number of carbonyl (C=O) groups excluding carboxylic acids is 2. The van der Waals surface area contributed by atoms with Crippen LogP contribution in [-0.2, 0) is 22.4 Å². The summed E-state index contributed by atoms with van der Waals surface area (Å²) < 4.78 is 4.93. The maximum atomic E-state index is 12.3.